The number of carbonyl (C=O) groups is 2. The molecular formula is C10H7N3O4. The number of amides is 1. The Labute approximate surface area is 95.1 Å². The number of nitrogens with one attached hydrogen (secondary N) is 1. The molecule has 0 saturated heterocycles. The molecule has 0 fully saturated rings. The molecule has 0 spiro atoms. The van der Waals surface area contributed by atoms with Crippen molar-refractivity contribution in [2.24, 2.45) is 0 Å². The van der Waals surface area contributed by atoms with Gasteiger partial charge in [0.1, 0.15) is 6.33 Å². The van der Waals surface area contributed by atoms with Crippen LogP contribution in [0.4, 0.5) is 5.69 Å². The van der Waals surface area contributed by atoms with Crippen molar-refractivity contribution < 1.29 is 19.1 Å². The SMILES string of the molecule is O=C(O)c1ccc(C(=O)Nc2cncnc2)o1. The van der Waals surface area contributed by atoms with E-state index in [1.165, 1.54) is 30.9 Å². The average Bonchev–Trinajstić information content (AvgIpc) is 2.79. The third-order valence-electron chi connectivity index (χ3n) is 1.86. The van der Waals surface area contributed by atoms with Crippen molar-refractivity contribution in [2.45, 2.75) is 0 Å². The lowest BCUT2D eigenvalue weighted by atomic mass is 10.4. The number of hydrogen-bond donors (Lipinski definition) is 2. The molecule has 0 bridgehead atoms. The van der Waals surface area contributed by atoms with Gasteiger partial charge in [-0.3, -0.25) is 4.79 Å². The first-order valence-corrected chi connectivity index (χ1v) is 4.56. The molecule has 0 aliphatic heterocycles. The number of aromatic nitrogens is 2. The maximum atomic E-state index is 11.6. The first kappa shape index (κ1) is 10.8. The summed E-state index contributed by atoms with van der Waals surface area (Å²) in [7, 11) is 0. The number of anilines is 1. The van der Waals surface area contributed by atoms with Crippen LogP contribution >= 0.6 is 0 Å². The van der Waals surface area contributed by atoms with E-state index in [0.29, 0.717) is 5.69 Å². The third kappa shape index (κ3) is 2.46. The van der Waals surface area contributed by atoms with E-state index in [4.69, 9.17) is 9.52 Å². The summed E-state index contributed by atoms with van der Waals surface area (Å²) in [5.41, 5.74) is 0.394. The Morgan fingerprint density at radius 1 is 1.18 bits per heavy atom. The molecule has 2 heterocycles. The van der Waals surface area contributed by atoms with Crippen molar-refractivity contribution in [3.05, 3.63) is 42.4 Å². The van der Waals surface area contributed by atoms with E-state index in [9.17, 15) is 9.59 Å². The van der Waals surface area contributed by atoms with Crippen LogP contribution in [0.3, 0.4) is 0 Å². The molecule has 86 valence electrons. The van der Waals surface area contributed by atoms with Gasteiger partial charge in [-0.25, -0.2) is 14.8 Å². The van der Waals surface area contributed by atoms with Gasteiger partial charge in [-0.15, -0.1) is 0 Å². The van der Waals surface area contributed by atoms with Gasteiger partial charge in [-0.1, -0.05) is 0 Å². The van der Waals surface area contributed by atoms with Gasteiger partial charge in [-0.05, 0) is 12.1 Å². The predicted molar refractivity (Wildman–Crippen MR) is 55.7 cm³/mol. The highest BCUT2D eigenvalue weighted by molar-refractivity contribution is 6.02. The summed E-state index contributed by atoms with van der Waals surface area (Å²) in [6.07, 6.45) is 4.14. The van der Waals surface area contributed by atoms with E-state index < -0.39 is 11.9 Å². The van der Waals surface area contributed by atoms with Crippen LogP contribution in [0.5, 0.6) is 0 Å². The highest BCUT2D eigenvalue weighted by Gasteiger charge is 2.14. The fourth-order valence-corrected chi connectivity index (χ4v) is 1.13. The van der Waals surface area contributed by atoms with Gasteiger partial charge in [0.05, 0.1) is 18.1 Å². The Balaban J connectivity index is 2.12. The van der Waals surface area contributed by atoms with Gasteiger partial charge in [0.25, 0.3) is 5.91 Å². The number of carboxylic acids is 1. The van der Waals surface area contributed by atoms with Gasteiger partial charge in [0.2, 0.25) is 5.76 Å². The molecule has 0 aliphatic carbocycles. The smallest absolute Gasteiger partial charge is 0.371 e. The van der Waals surface area contributed by atoms with E-state index in [1.54, 1.807) is 0 Å². The molecule has 17 heavy (non-hydrogen) atoms. The number of furan rings is 1. The van der Waals surface area contributed by atoms with Crippen molar-refractivity contribution in [3.63, 3.8) is 0 Å². The first-order chi connectivity index (χ1) is 8.16. The summed E-state index contributed by atoms with van der Waals surface area (Å²) < 4.78 is 4.83. The normalized spacial score (nSPS) is 9.88. The fourth-order valence-electron chi connectivity index (χ4n) is 1.13. The molecule has 1 amide bonds. The van der Waals surface area contributed by atoms with E-state index in [0.717, 1.165) is 0 Å². The summed E-state index contributed by atoms with van der Waals surface area (Å²) >= 11 is 0. The van der Waals surface area contributed by atoms with Crippen LogP contribution in [0.15, 0.2) is 35.3 Å². The Kier molecular flexibility index (Phi) is 2.82. The van der Waals surface area contributed by atoms with Crippen molar-refractivity contribution in [1.29, 1.82) is 0 Å². The molecule has 0 radical (unpaired) electrons. The standard InChI is InChI=1S/C10H7N3O4/c14-9(13-6-3-11-5-12-4-6)7-1-2-8(17-7)10(15)16/h1-5H,(H,13,14)(H,15,16). The minimum Gasteiger partial charge on any atom is -0.475 e. The Morgan fingerprint density at radius 2 is 1.82 bits per heavy atom. The Bertz CT molecular complexity index is 550. The number of aromatic carboxylic acids is 1. The summed E-state index contributed by atoms with van der Waals surface area (Å²) in [6, 6.07) is 2.49. The summed E-state index contributed by atoms with van der Waals surface area (Å²) in [5, 5.41) is 11.1. The van der Waals surface area contributed by atoms with Crippen LogP contribution in [0, 0.1) is 0 Å². The largest absolute Gasteiger partial charge is 0.475 e. The lowest BCUT2D eigenvalue weighted by Crippen LogP contribution is -2.11. The molecule has 0 unspecified atom stereocenters. The molecular weight excluding hydrogens is 226 g/mol. The Hall–Kier alpha value is -2.70. The van der Waals surface area contributed by atoms with E-state index in [-0.39, 0.29) is 11.5 Å². The minimum atomic E-state index is -1.23. The third-order valence-corrected chi connectivity index (χ3v) is 1.86. The van der Waals surface area contributed by atoms with E-state index in [1.807, 2.05) is 0 Å². The molecule has 0 aliphatic rings. The zero-order valence-corrected chi connectivity index (χ0v) is 8.45. The van der Waals surface area contributed by atoms with Gasteiger partial charge in [0.15, 0.2) is 5.76 Å². The maximum absolute atomic E-state index is 11.6. The van der Waals surface area contributed by atoms with Gasteiger partial charge in [0, 0.05) is 0 Å². The van der Waals surface area contributed by atoms with Gasteiger partial charge >= 0.3 is 5.97 Å². The number of carbonyl (C=O) groups excluding carboxylic acids is 1. The molecule has 2 N–H and O–H groups in total. The van der Waals surface area contributed by atoms with Crippen LogP contribution in [-0.2, 0) is 0 Å². The molecule has 0 atom stereocenters. The van der Waals surface area contributed by atoms with E-state index in [2.05, 4.69) is 15.3 Å². The maximum Gasteiger partial charge on any atom is 0.371 e. The minimum absolute atomic E-state index is 0.0914. The predicted octanol–water partition coefficient (Wildman–Crippen LogP) is 1.02. The van der Waals surface area contributed by atoms with Crippen molar-refractivity contribution in [2.75, 3.05) is 5.32 Å². The van der Waals surface area contributed by atoms with Crippen LogP contribution < -0.4 is 5.32 Å². The fraction of sp³-hybridized carbons (Fsp3) is 0. The van der Waals surface area contributed by atoms with Crippen molar-refractivity contribution in [3.8, 4) is 0 Å². The number of carboxylic acid groups (broad SMARTS) is 1. The van der Waals surface area contributed by atoms with Crippen LogP contribution in [0.1, 0.15) is 21.1 Å². The lowest BCUT2D eigenvalue weighted by Gasteiger charge is -2.00. The van der Waals surface area contributed by atoms with Gasteiger partial charge in [-0.2, -0.15) is 0 Å². The lowest BCUT2D eigenvalue weighted by molar-refractivity contribution is 0.0660. The van der Waals surface area contributed by atoms with E-state index >= 15 is 0 Å². The first-order valence-electron chi connectivity index (χ1n) is 4.56. The second-order valence-electron chi connectivity index (χ2n) is 3.05. The molecule has 7 heteroatoms. The van der Waals surface area contributed by atoms with Crippen LogP contribution in [0.2, 0.25) is 0 Å². The molecule has 0 aromatic carbocycles. The van der Waals surface area contributed by atoms with Crippen molar-refractivity contribution >= 4 is 17.6 Å². The zero-order valence-electron chi connectivity index (χ0n) is 8.45. The molecule has 0 saturated carbocycles. The molecule has 2 aromatic heterocycles. The highest BCUT2D eigenvalue weighted by atomic mass is 16.4. The number of nitrogens with zero attached hydrogens (tertiary/aromatic N) is 2. The summed E-state index contributed by atoms with van der Waals surface area (Å²) in [5.74, 6) is -2.18. The molecule has 2 rings (SSSR count). The quantitative estimate of drug-likeness (QED) is 0.819. The molecule has 2 aromatic rings. The van der Waals surface area contributed by atoms with Crippen LogP contribution in [-0.4, -0.2) is 27.0 Å². The second-order valence-corrected chi connectivity index (χ2v) is 3.05. The Morgan fingerprint density at radius 3 is 2.41 bits per heavy atom. The summed E-state index contributed by atoms with van der Waals surface area (Å²) in [6.45, 7) is 0. The number of hydrogen-bond acceptors (Lipinski definition) is 5. The van der Waals surface area contributed by atoms with Crippen LogP contribution in [0.25, 0.3) is 0 Å². The second kappa shape index (κ2) is 4.44. The highest BCUT2D eigenvalue weighted by Crippen LogP contribution is 2.10. The topological polar surface area (TPSA) is 105 Å². The van der Waals surface area contributed by atoms with Gasteiger partial charge < -0.3 is 14.8 Å². The molecule has 7 nitrogen and oxygen atoms in total. The monoisotopic (exact) mass is 233 g/mol. The number of rotatable bonds is 3. The average molecular weight is 233 g/mol. The summed E-state index contributed by atoms with van der Waals surface area (Å²) in [4.78, 5) is 29.6. The van der Waals surface area contributed by atoms with Crippen molar-refractivity contribution in [1.82, 2.24) is 9.97 Å². The zero-order chi connectivity index (χ0) is 12.3.